The first-order chi connectivity index (χ1) is 12.4. The molecule has 1 aliphatic rings. The molecule has 1 aliphatic heterocycles. The van der Waals surface area contributed by atoms with E-state index in [4.69, 9.17) is 5.73 Å². The number of nitrogens with two attached hydrogens (primary N) is 1. The number of rotatable bonds is 7. The summed E-state index contributed by atoms with van der Waals surface area (Å²) in [6, 6.07) is 0.348. The lowest BCUT2D eigenvalue weighted by molar-refractivity contribution is -0.120. The Morgan fingerprint density at radius 1 is 1.31 bits per heavy atom. The zero-order valence-corrected chi connectivity index (χ0v) is 16.1. The van der Waals surface area contributed by atoms with Gasteiger partial charge in [-0.3, -0.25) is 24.0 Å². The predicted octanol–water partition coefficient (Wildman–Crippen LogP) is 1.15. The highest BCUT2D eigenvalue weighted by molar-refractivity contribution is 5.96. The van der Waals surface area contributed by atoms with E-state index in [0.29, 0.717) is 19.1 Å². The number of nitrogen functional groups attached to an aromatic ring is 1. The number of piperidine rings is 1. The van der Waals surface area contributed by atoms with Crippen LogP contribution >= 0.6 is 0 Å². The molecule has 1 saturated heterocycles. The molecule has 1 unspecified atom stereocenters. The van der Waals surface area contributed by atoms with Crippen LogP contribution in [-0.2, 0) is 11.3 Å². The fourth-order valence-corrected chi connectivity index (χ4v) is 3.49. The molecular weight excluding hydrogens is 334 g/mol. The molecule has 0 bridgehead atoms. The molecule has 1 amide bonds. The van der Waals surface area contributed by atoms with Crippen molar-refractivity contribution in [3.63, 3.8) is 0 Å². The maximum Gasteiger partial charge on any atom is 0.330 e. The summed E-state index contributed by atoms with van der Waals surface area (Å²) in [5, 5.41) is 0. The van der Waals surface area contributed by atoms with E-state index in [2.05, 4.69) is 16.8 Å². The highest BCUT2D eigenvalue weighted by Crippen LogP contribution is 2.20. The highest BCUT2D eigenvalue weighted by atomic mass is 16.2. The number of H-pyrrole nitrogens is 1. The third-order valence-corrected chi connectivity index (χ3v) is 5.12. The van der Waals surface area contributed by atoms with E-state index in [9.17, 15) is 14.4 Å². The molecule has 26 heavy (non-hydrogen) atoms. The number of hydrogen-bond donors (Lipinski definition) is 2. The zero-order valence-electron chi connectivity index (χ0n) is 16.1. The summed E-state index contributed by atoms with van der Waals surface area (Å²) >= 11 is 0. The van der Waals surface area contributed by atoms with Gasteiger partial charge in [0.2, 0.25) is 5.91 Å². The van der Waals surface area contributed by atoms with Gasteiger partial charge in [0.25, 0.3) is 5.56 Å². The largest absolute Gasteiger partial charge is 0.383 e. The smallest absolute Gasteiger partial charge is 0.330 e. The second-order valence-electron chi connectivity index (χ2n) is 6.95. The molecule has 0 aromatic carbocycles. The van der Waals surface area contributed by atoms with Crippen molar-refractivity contribution >= 4 is 17.4 Å². The van der Waals surface area contributed by atoms with Crippen molar-refractivity contribution in [1.82, 2.24) is 14.5 Å². The maximum absolute atomic E-state index is 12.9. The molecule has 146 valence electrons. The monoisotopic (exact) mass is 365 g/mol. The molecular formula is C18H31N5O3. The molecule has 8 heteroatoms. The first kappa shape index (κ1) is 20.2. The van der Waals surface area contributed by atoms with Crippen LogP contribution < -0.4 is 21.9 Å². The van der Waals surface area contributed by atoms with Gasteiger partial charge in [-0.2, -0.15) is 0 Å². The third-order valence-electron chi connectivity index (χ3n) is 5.12. The maximum atomic E-state index is 12.9. The molecule has 1 aromatic rings. The number of carbonyl (C=O) groups excluding carboxylic acids is 1. The summed E-state index contributed by atoms with van der Waals surface area (Å²) in [7, 11) is 0. The summed E-state index contributed by atoms with van der Waals surface area (Å²) in [6.07, 6.45) is 4.99. The number of anilines is 2. The SMILES string of the molecule is CCCCn1c(N)c(N(CC)C(=O)CN2CCCCC2C)c(=O)[nH]c1=O. The summed E-state index contributed by atoms with van der Waals surface area (Å²) in [5.41, 5.74) is 5.08. The Morgan fingerprint density at radius 2 is 2.04 bits per heavy atom. The molecule has 1 aromatic heterocycles. The molecule has 2 rings (SSSR count). The van der Waals surface area contributed by atoms with Crippen molar-refractivity contribution in [2.24, 2.45) is 0 Å². The fourth-order valence-electron chi connectivity index (χ4n) is 3.49. The first-order valence-electron chi connectivity index (χ1n) is 9.57. The zero-order chi connectivity index (χ0) is 19.3. The minimum absolute atomic E-state index is 0.0640. The Hall–Kier alpha value is -2.09. The van der Waals surface area contributed by atoms with Gasteiger partial charge in [0.05, 0.1) is 6.54 Å². The van der Waals surface area contributed by atoms with E-state index in [1.807, 2.05) is 6.92 Å². The van der Waals surface area contributed by atoms with Crippen molar-refractivity contribution in [3.8, 4) is 0 Å². The third kappa shape index (κ3) is 4.35. The molecule has 1 atom stereocenters. The molecule has 0 saturated carbocycles. The van der Waals surface area contributed by atoms with Gasteiger partial charge < -0.3 is 10.6 Å². The summed E-state index contributed by atoms with van der Waals surface area (Å²) in [6.45, 7) is 7.80. The number of amides is 1. The second kappa shape index (κ2) is 9.02. The average Bonchev–Trinajstić information content (AvgIpc) is 2.60. The topological polar surface area (TPSA) is 104 Å². The number of likely N-dealkylation sites (tertiary alicyclic amines) is 1. The van der Waals surface area contributed by atoms with Crippen LogP contribution in [0.15, 0.2) is 9.59 Å². The van der Waals surface area contributed by atoms with Gasteiger partial charge in [0.15, 0.2) is 5.69 Å². The van der Waals surface area contributed by atoms with Crippen LogP contribution in [0, 0.1) is 0 Å². The van der Waals surface area contributed by atoms with Gasteiger partial charge in [-0.25, -0.2) is 4.79 Å². The van der Waals surface area contributed by atoms with Crippen molar-refractivity contribution < 1.29 is 4.79 Å². The van der Waals surface area contributed by atoms with E-state index in [0.717, 1.165) is 32.2 Å². The molecule has 0 spiro atoms. The Kier molecular flexibility index (Phi) is 7.02. The predicted molar refractivity (Wildman–Crippen MR) is 104 cm³/mol. The van der Waals surface area contributed by atoms with E-state index < -0.39 is 11.2 Å². The summed E-state index contributed by atoms with van der Waals surface area (Å²) in [5.74, 6) is -0.103. The lowest BCUT2D eigenvalue weighted by atomic mass is 10.0. The van der Waals surface area contributed by atoms with Crippen LogP contribution in [0.2, 0.25) is 0 Å². The Morgan fingerprint density at radius 3 is 2.65 bits per heavy atom. The normalized spacial score (nSPS) is 18.0. The Bertz CT molecular complexity index is 739. The van der Waals surface area contributed by atoms with Crippen LogP contribution in [-0.4, -0.2) is 46.0 Å². The number of unbranched alkanes of at least 4 members (excludes halogenated alkanes) is 1. The Balaban J connectivity index is 2.32. The number of nitrogens with zero attached hydrogens (tertiary/aromatic N) is 3. The van der Waals surface area contributed by atoms with E-state index >= 15 is 0 Å². The lowest BCUT2D eigenvalue weighted by Crippen LogP contribution is -2.48. The second-order valence-corrected chi connectivity index (χ2v) is 6.95. The number of hydrogen-bond acceptors (Lipinski definition) is 5. The van der Waals surface area contributed by atoms with Crippen molar-refractivity contribution in [1.29, 1.82) is 0 Å². The van der Waals surface area contributed by atoms with E-state index in [-0.39, 0.29) is 24.0 Å². The van der Waals surface area contributed by atoms with E-state index in [1.165, 1.54) is 15.9 Å². The fraction of sp³-hybridized carbons (Fsp3) is 0.722. The Labute approximate surface area is 154 Å². The number of nitrogens with one attached hydrogen (secondary N) is 1. The van der Waals surface area contributed by atoms with Gasteiger partial charge in [-0.05, 0) is 39.7 Å². The van der Waals surface area contributed by atoms with Crippen molar-refractivity contribution in [2.75, 3.05) is 30.3 Å². The standard InChI is InChI=1S/C18H31N5O3/c1-4-6-11-23-16(19)15(17(25)20-18(23)26)22(5-2)14(24)12-21-10-8-7-9-13(21)3/h13H,4-12,19H2,1-3H3,(H,20,25,26). The van der Waals surface area contributed by atoms with Gasteiger partial charge in [-0.15, -0.1) is 0 Å². The lowest BCUT2D eigenvalue weighted by Gasteiger charge is -2.34. The quantitative estimate of drug-likeness (QED) is 0.754. The first-order valence-corrected chi connectivity index (χ1v) is 9.57. The summed E-state index contributed by atoms with van der Waals surface area (Å²) < 4.78 is 1.35. The van der Waals surface area contributed by atoms with Crippen LogP contribution in [0.25, 0.3) is 0 Å². The van der Waals surface area contributed by atoms with Crippen molar-refractivity contribution in [2.45, 2.75) is 65.5 Å². The van der Waals surface area contributed by atoms with Gasteiger partial charge in [0.1, 0.15) is 5.82 Å². The minimum Gasteiger partial charge on any atom is -0.383 e. The molecule has 1 fully saturated rings. The van der Waals surface area contributed by atoms with Crippen LogP contribution in [0.5, 0.6) is 0 Å². The number of likely N-dealkylation sites (N-methyl/N-ethyl adjacent to an activating group) is 1. The van der Waals surface area contributed by atoms with Gasteiger partial charge in [0, 0.05) is 19.1 Å². The molecule has 2 heterocycles. The van der Waals surface area contributed by atoms with Crippen LogP contribution in [0.4, 0.5) is 11.5 Å². The van der Waals surface area contributed by atoms with E-state index in [1.54, 1.807) is 6.92 Å². The summed E-state index contributed by atoms with van der Waals surface area (Å²) in [4.78, 5) is 43.2. The molecule has 8 nitrogen and oxygen atoms in total. The number of aromatic amines is 1. The molecule has 0 aliphatic carbocycles. The molecule has 3 N–H and O–H groups in total. The van der Waals surface area contributed by atoms with Gasteiger partial charge in [-0.1, -0.05) is 19.8 Å². The highest BCUT2D eigenvalue weighted by Gasteiger charge is 2.27. The number of carbonyl (C=O) groups is 1. The van der Waals surface area contributed by atoms with Crippen molar-refractivity contribution in [3.05, 3.63) is 20.8 Å². The molecule has 0 radical (unpaired) electrons. The van der Waals surface area contributed by atoms with Crippen LogP contribution in [0.3, 0.4) is 0 Å². The van der Waals surface area contributed by atoms with Crippen LogP contribution in [0.1, 0.15) is 52.9 Å². The minimum atomic E-state index is -0.609. The average molecular weight is 365 g/mol. The van der Waals surface area contributed by atoms with Gasteiger partial charge >= 0.3 is 5.69 Å². The number of aromatic nitrogens is 2.